The molecular formula is C51H38N2O. The molecule has 8 aromatic rings. The number of para-hydroxylation sites is 1. The van der Waals surface area contributed by atoms with Crippen molar-refractivity contribution in [3.63, 3.8) is 0 Å². The summed E-state index contributed by atoms with van der Waals surface area (Å²) in [6.07, 6.45) is 2.20. The summed E-state index contributed by atoms with van der Waals surface area (Å²) >= 11 is 0. The summed E-state index contributed by atoms with van der Waals surface area (Å²) in [5.41, 5.74) is 19.5. The van der Waals surface area contributed by atoms with Crippen molar-refractivity contribution in [2.75, 3.05) is 7.05 Å². The zero-order valence-electron chi connectivity index (χ0n) is 30.0. The average molecular weight is 695 g/mol. The van der Waals surface area contributed by atoms with Crippen molar-refractivity contribution in [1.29, 1.82) is 0 Å². The minimum absolute atomic E-state index is 0.573. The van der Waals surface area contributed by atoms with Crippen LogP contribution in [0.15, 0.2) is 194 Å². The molecule has 0 radical (unpaired) electrons. The number of benzene rings is 8. The fraction of sp³-hybridized carbons (Fsp3) is 0.0588. The molecule has 0 saturated carbocycles. The molecule has 0 bridgehead atoms. The van der Waals surface area contributed by atoms with Gasteiger partial charge in [0.1, 0.15) is 11.5 Å². The van der Waals surface area contributed by atoms with Gasteiger partial charge in [-0.15, -0.1) is 0 Å². The van der Waals surface area contributed by atoms with Gasteiger partial charge in [0.05, 0.1) is 11.0 Å². The minimum atomic E-state index is -0.761. The van der Waals surface area contributed by atoms with Gasteiger partial charge in [0.15, 0.2) is 0 Å². The van der Waals surface area contributed by atoms with E-state index in [2.05, 4.69) is 199 Å². The Bertz CT molecular complexity index is 2700. The lowest BCUT2D eigenvalue weighted by atomic mass is 9.66. The molecule has 8 aromatic carbocycles. The third kappa shape index (κ3) is 4.59. The number of hydrogen-bond donors (Lipinski definition) is 2. The Morgan fingerprint density at radius 2 is 1.11 bits per heavy atom. The van der Waals surface area contributed by atoms with Gasteiger partial charge in [0.25, 0.3) is 0 Å². The van der Waals surface area contributed by atoms with Crippen LogP contribution in [0.25, 0.3) is 38.7 Å². The van der Waals surface area contributed by atoms with Crippen molar-refractivity contribution >= 4 is 16.5 Å². The summed E-state index contributed by atoms with van der Waals surface area (Å²) in [4.78, 5) is 0. The minimum Gasteiger partial charge on any atom is -0.457 e. The number of rotatable bonds is 6. The van der Waals surface area contributed by atoms with Crippen LogP contribution >= 0.6 is 0 Å². The van der Waals surface area contributed by atoms with Crippen LogP contribution < -0.4 is 15.8 Å². The van der Waals surface area contributed by atoms with Gasteiger partial charge in [-0.2, -0.15) is 0 Å². The molecule has 1 aliphatic carbocycles. The zero-order chi connectivity index (χ0) is 36.3. The molecule has 2 aliphatic rings. The van der Waals surface area contributed by atoms with Crippen LogP contribution in [0.5, 0.6) is 11.5 Å². The molecule has 1 spiro atoms. The van der Waals surface area contributed by atoms with E-state index in [1.165, 1.54) is 38.8 Å². The maximum absolute atomic E-state index is 7.38. The first kappa shape index (κ1) is 32.0. The summed E-state index contributed by atoms with van der Waals surface area (Å²) < 4.78 is 6.71. The van der Waals surface area contributed by atoms with Crippen LogP contribution in [-0.4, -0.2) is 7.05 Å². The molecule has 3 heteroatoms. The number of nitrogens with two attached hydrogens (primary N) is 1. The average Bonchev–Trinajstić information content (AvgIpc) is 3.53. The Labute approximate surface area is 316 Å². The Hall–Kier alpha value is -6.68. The highest BCUT2D eigenvalue weighted by Gasteiger charge is 2.51. The van der Waals surface area contributed by atoms with Crippen LogP contribution in [0.3, 0.4) is 0 Å². The molecule has 1 unspecified atom stereocenters. The predicted molar refractivity (Wildman–Crippen MR) is 222 cm³/mol. The summed E-state index contributed by atoms with van der Waals surface area (Å²) in [5, 5.41) is 6.12. The summed E-state index contributed by atoms with van der Waals surface area (Å²) in [6.45, 7) is 0. The lowest BCUT2D eigenvalue weighted by Gasteiger charge is -2.39. The van der Waals surface area contributed by atoms with Crippen molar-refractivity contribution in [2.45, 2.75) is 11.0 Å². The van der Waals surface area contributed by atoms with Crippen molar-refractivity contribution in [3.05, 3.63) is 233 Å². The maximum Gasteiger partial charge on any atom is 0.132 e. The lowest BCUT2D eigenvalue weighted by molar-refractivity contribution is 0.436. The van der Waals surface area contributed by atoms with E-state index in [-0.39, 0.29) is 0 Å². The van der Waals surface area contributed by atoms with E-state index in [1.807, 2.05) is 7.05 Å². The number of fused-ring (bicyclic) bond motifs is 10. The van der Waals surface area contributed by atoms with E-state index in [0.29, 0.717) is 5.70 Å². The molecule has 10 rings (SSSR count). The summed E-state index contributed by atoms with van der Waals surface area (Å²) in [7, 11) is 2.02. The van der Waals surface area contributed by atoms with Gasteiger partial charge in [-0.05, 0) is 98.2 Å². The maximum atomic E-state index is 7.38. The van der Waals surface area contributed by atoms with Gasteiger partial charge < -0.3 is 15.8 Å². The van der Waals surface area contributed by atoms with Crippen LogP contribution in [0.2, 0.25) is 0 Å². The van der Waals surface area contributed by atoms with Crippen molar-refractivity contribution in [3.8, 4) is 33.8 Å². The standard InChI is InChI=1S/C51H38N2O/c1-53-50(36-18-6-3-7-19-36,42-30-29-37(34-16-4-2-5-17-34)38-20-8-9-21-39(38)42)33-47(52)35-28-31-49-46(32-35)51(45-26-14-15-27-48(45)54-49)43-24-12-10-22-40(43)41-23-11-13-25-44(41)51/h2-33,53H,52H2,1H3/b47-33-. The SMILES string of the molecule is CNC(/C=C(\N)c1ccc2c(c1)C1(c3ccccc3O2)c2ccccc2-c2ccccc21)(c1ccccc1)c1ccc(-c2ccccc2)c2ccccc12. The van der Waals surface area contributed by atoms with Crippen LogP contribution in [-0.2, 0) is 11.0 Å². The Morgan fingerprint density at radius 1 is 0.537 bits per heavy atom. The van der Waals surface area contributed by atoms with Gasteiger partial charge >= 0.3 is 0 Å². The van der Waals surface area contributed by atoms with Gasteiger partial charge in [-0.1, -0.05) is 164 Å². The number of likely N-dealkylation sites (N-methyl/N-ethyl adjacent to an activating group) is 1. The number of ether oxygens (including phenoxy) is 1. The van der Waals surface area contributed by atoms with Gasteiger partial charge in [-0.25, -0.2) is 0 Å². The van der Waals surface area contributed by atoms with E-state index >= 15 is 0 Å². The third-order valence-corrected chi connectivity index (χ3v) is 11.6. The van der Waals surface area contributed by atoms with Gasteiger partial charge in [0, 0.05) is 16.8 Å². The Balaban J connectivity index is 1.21. The molecule has 0 saturated heterocycles. The second-order valence-corrected chi connectivity index (χ2v) is 14.2. The topological polar surface area (TPSA) is 47.3 Å². The molecular weight excluding hydrogens is 657 g/mol. The van der Waals surface area contributed by atoms with E-state index < -0.39 is 11.0 Å². The molecule has 1 aliphatic heterocycles. The molecule has 0 aromatic heterocycles. The predicted octanol–water partition coefficient (Wildman–Crippen LogP) is 11.4. The monoisotopic (exact) mass is 694 g/mol. The highest BCUT2D eigenvalue weighted by molar-refractivity contribution is 6.00. The molecule has 0 fully saturated rings. The normalized spacial score (nSPS) is 14.7. The van der Waals surface area contributed by atoms with Crippen molar-refractivity contribution in [2.24, 2.45) is 5.73 Å². The largest absolute Gasteiger partial charge is 0.457 e. The number of nitrogens with one attached hydrogen (secondary N) is 1. The highest BCUT2D eigenvalue weighted by atomic mass is 16.5. The lowest BCUT2D eigenvalue weighted by Crippen LogP contribution is -2.40. The number of hydrogen-bond acceptors (Lipinski definition) is 3. The molecule has 3 nitrogen and oxygen atoms in total. The first-order valence-corrected chi connectivity index (χ1v) is 18.6. The summed E-state index contributed by atoms with van der Waals surface area (Å²) in [5.74, 6) is 1.71. The molecule has 0 amide bonds. The second kappa shape index (κ2) is 12.5. The zero-order valence-corrected chi connectivity index (χ0v) is 30.0. The second-order valence-electron chi connectivity index (χ2n) is 14.2. The van der Waals surface area contributed by atoms with Crippen molar-refractivity contribution in [1.82, 2.24) is 5.32 Å². The Morgan fingerprint density at radius 3 is 1.81 bits per heavy atom. The van der Waals surface area contributed by atoms with Crippen LogP contribution in [0, 0.1) is 0 Å². The molecule has 3 N–H and O–H groups in total. The third-order valence-electron chi connectivity index (χ3n) is 11.6. The van der Waals surface area contributed by atoms with Crippen LogP contribution in [0.4, 0.5) is 0 Å². The van der Waals surface area contributed by atoms with Crippen molar-refractivity contribution < 1.29 is 4.74 Å². The quantitative estimate of drug-likeness (QED) is 0.182. The fourth-order valence-electron chi connectivity index (χ4n) is 9.23. The van der Waals surface area contributed by atoms with Crippen LogP contribution in [0.1, 0.15) is 38.9 Å². The van der Waals surface area contributed by atoms with E-state index in [9.17, 15) is 0 Å². The van der Waals surface area contributed by atoms with E-state index in [1.54, 1.807) is 0 Å². The molecule has 258 valence electrons. The van der Waals surface area contributed by atoms with E-state index in [4.69, 9.17) is 10.5 Å². The van der Waals surface area contributed by atoms with Gasteiger partial charge in [-0.3, -0.25) is 0 Å². The molecule has 1 heterocycles. The Kier molecular flexibility index (Phi) is 7.40. The smallest absolute Gasteiger partial charge is 0.132 e. The molecule has 54 heavy (non-hydrogen) atoms. The van der Waals surface area contributed by atoms with Gasteiger partial charge in [0.2, 0.25) is 0 Å². The first-order valence-electron chi connectivity index (χ1n) is 18.6. The van der Waals surface area contributed by atoms with E-state index in [0.717, 1.165) is 44.7 Å². The summed E-state index contributed by atoms with van der Waals surface area (Å²) in [6, 6.07) is 66.9. The fourth-order valence-corrected chi connectivity index (χ4v) is 9.23. The molecule has 1 atom stereocenters. The highest BCUT2D eigenvalue weighted by Crippen LogP contribution is 2.62. The first-order chi connectivity index (χ1) is 26.6.